The van der Waals surface area contributed by atoms with E-state index in [1.807, 2.05) is 6.92 Å². The van der Waals surface area contributed by atoms with Crippen LogP contribution in [0.2, 0.25) is 10.0 Å². The number of hydrogen-bond donors (Lipinski definition) is 2. The minimum Gasteiger partial charge on any atom is -0.374 e. The van der Waals surface area contributed by atoms with E-state index < -0.39 is 0 Å². The zero-order valence-electron chi connectivity index (χ0n) is 9.47. The Hall–Kier alpha value is -0.930. The molecule has 0 saturated heterocycles. The van der Waals surface area contributed by atoms with Crippen molar-refractivity contribution >= 4 is 34.8 Å². The van der Waals surface area contributed by atoms with Crippen molar-refractivity contribution in [1.82, 2.24) is 5.32 Å². The summed E-state index contributed by atoms with van der Waals surface area (Å²) in [7, 11) is 0. The van der Waals surface area contributed by atoms with E-state index in [9.17, 15) is 4.79 Å². The van der Waals surface area contributed by atoms with Crippen LogP contribution in [-0.2, 0) is 4.79 Å². The van der Waals surface area contributed by atoms with Crippen LogP contribution in [0.25, 0.3) is 0 Å². The normalized spacial score (nSPS) is 16.4. The Balaban J connectivity index is 1.94. The Morgan fingerprint density at radius 2 is 2.06 bits per heavy atom. The molecule has 0 spiro atoms. The molecule has 1 aromatic carbocycles. The summed E-state index contributed by atoms with van der Waals surface area (Å²) in [5, 5.41) is 7.01. The highest BCUT2D eigenvalue weighted by Gasteiger charge is 2.25. The van der Waals surface area contributed by atoms with E-state index in [1.165, 1.54) is 0 Å². The molecule has 3 nitrogen and oxygen atoms in total. The molecule has 1 atom stereocenters. The predicted molar refractivity (Wildman–Crippen MR) is 70.7 cm³/mol. The minimum absolute atomic E-state index is 0.0126. The van der Waals surface area contributed by atoms with Gasteiger partial charge in [0.25, 0.3) is 0 Å². The van der Waals surface area contributed by atoms with E-state index in [2.05, 4.69) is 10.6 Å². The van der Waals surface area contributed by atoms with Crippen molar-refractivity contribution in [2.75, 3.05) is 5.32 Å². The molecule has 17 heavy (non-hydrogen) atoms. The molecule has 0 aromatic heterocycles. The number of carbonyl (C=O) groups is 1. The first-order valence-electron chi connectivity index (χ1n) is 5.58. The number of halogens is 2. The summed E-state index contributed by atoms with van der Waals surface area (Å²) in [5.74, 6) is 0.0126. The van der Waals surface area contributed by atoms with Crippen LogP contribution in [0, 0.1) is 0 Å². The van der Waals surface area contributed by atoms with E-state index in [0.717, 1.165) is 18.5 Å². The third-order valence-corrected chi connectivity index (χ3v) is 3.36. The Kier molecular flexibility index (Phi) is 3.79. The van der Waals surface area contributed by atoms with Gasteiger partial charge in [-0.3, -0.25) is 4.79 Å². The van der Waals surface area contributed by atoms with Crippen molar-refractivity contribution < 1.29 is 4.79 Å². The van der Waals surface area contributed by atoms with Crippen molar-refractivity contribution in [2.45, 2.75) is 31.8 Å². The monoisotopic (exact) mass is 272 g/mol. The highest BCUT2D eigenvalue weighted by Crippen LogP contribution is 2.25. The maximum atomic E-state index is 11.7. The quantitative estimate of drug-likeness (QED) is 0.885. The Morgan fingerprint density at radius 3 is 2.65 bits per heavy atom. The number of benzene rings is 1. The Morgan fingerprint density at radius 1 is 1.35 bits per heavy atom. The molecule has 5 heteroatoms. The average molecular weight is 273 g/mol. The number of anilines is 1. The van der Waals surface area contributed by atoms with E-state index in [1.54, 1.807) is 18.2 Å². The largest absolute Gasteiger partial charge is 0.374 e. The Bertz CT molecular complexity index is 433. The van der Waals surface area contributed by atoms with E-state index in [-0.39, 0.29) is 11.9 Å². The fraction of sp³-hybridized carbons (Fsp3) is 0.417. The first kappa shape index (κ1) is 12.5. The van der Waals surface area contributed by atoms with E-state index in [0.29, 0.717) is 16.1 Å². The first-order chi connectivity index (χ1) is 8.06. The molecule has 2 N–H and O–H groups in total. The van der Waals surface area contributed by atoms with Crippen LogP contribution in [0.5, 0.6) is 0 Å². The van der Waals surface area contributed by atoms with E-state index in [4.69, 9.17) is 23.2 Å². The number of amides is 1. The van der Waals surface area contributed by atoms with Crippen LogP contribution in [0.1, 0.15) is 19.8 Å². The van der Waals surface area contributed by atoms with Gasteiger partial charge in [-0.15, -0.1) is 0 Å². The van der Waals surface area contributed by atoms with Crippen molar-refractivity contribution in [2.24, 2.45) is 0 Å². The lowest BCUT2D eigenvalue weighted by atomic mass is 10.2. The van der Waals surface area contributed by atoms with Gasteiger partial charge >= 0.3 is 0 Å². The zero-order chi connectivity index (χ0) is 12.4. The molecule has 1 saturated carbocycles. The topological polar surface area (TPSA) is 41.1 Å². The van der Waals surface area contributed by atoms with Gasteiger partial charge in [0.2, 0.25) is 5.91 Å². The highest BCUT2D eigenvalue weighted by atomic mass is 35.5. The number of nitrogens with one attached hydrogen (secondary N) is 2. The van der Waals surface area contributed by atoms with Crippen LogP contribution >= 0.6 is 23.2 Å². The van der Waals surface area contributed by atoms with Crippen LogP contribution in [-0.4, -0.2) is 18.0 Å². The summed E-state index contributed by atoms with van der Waals surface area (Å²) in [6, 6.07) is 5.31. The maximum Gasteiger partial charge on any atom is 0.242 e. The van der Waals surface area contributed by atoms with Crippen molar-refractivity contribution in [3.63, 3.8) is 0 Å². The third kappa shape index (κ3) is 3.51. The van der Waals surface area contributed by atoms with Crippen molar-refractivity contribution in [3.05, 3.63) is 28.2 Å². The molecule has 1 unspecified atom stereocenters. The molecule has 1 fully saturated rings. The molecule has 1 amide bonds. The standard InChI is InChI=1S/C12H14Cl2N2O/c1-7(12(17)16-8-2-3-8)15-9-4-5-10(13)11(14)6-9/h4-8,15H,2-3H2,1H3,(H,16,17). The number of hydrogen-bond acceptors (Lipinski definition) is 2. The molecule has 0 aliphatic heterocycles. The fourth-order valence-electron chi connectivity index (χ4n) is 1.46. The molecule has 1 aliphatic carbocycles. The molecule has 1 aliphatic rings. The number of rotatable bonds is 4. The lowest BCUT2D eigenvalue weighted by Crippen LogP contribution is -2.38. The molecule has 0 bridgehead atoms. The Labute approximate surface area is 110 Å². The second-order valence-corrected chi connectivity index (χ2v) is 5.09. The number of carbonyl (C=O) groups excluding carboxylic acids is 1. The second kappa shape index (κ2) is 5.15. The van der Waals surface area contributed by atoms with Gasteiger partial charge in [0, 0.05) is 11.7 Å². The second-order valence-electron chi connectivity index (χ2n) is 4.28. The van der Waals surface area contributed by atoms with Crippen LogP contribution in [0.3, 0.4) is 0 Å². The van der Waals surface area contributed by atoms with Crippen LogP contribution in [0.4, 0.5) is 5.69 Å². The van der Waals surface area contributed by atoms with Gasteiger partial charge in [0.15, 0.2) is 0 Å². The third-order valence-electron chi connectivity index (χ3n) is 2.62. The van der Waals surface area contributed by atoms with Gasteiger partial charge in [-0.25, -0.2) is 0 Å². The zero-order valence-corrected chi connectivity index (χ0v) is 11.0. The first-order valence-corrected chi connectivity index (χ1v) is 6.34. The maximum absolute atomic E-state index is 11.7. The lowest BCUT2D eigenvalue weighted by molar-refractivity contribution is -0.121. The van der Waals surface area contributed by atoms with Gasteiger partial charge in [-0.1, -0.05) is 23.2 Å². The summed E-state index contributed by atoms with van der Waals surface area (Å²) in [6.07, 6.45) is 2.18. The summed E-state index contributed by atoms with van der Waals surface area (Å²) >= 11 is 11.7. The lowest BCUT2D eigenvalue weighted by Gasteiger charge is -2.15. The van der Waals surface area contributed by atoms with Gasteiger partial charge in [0.1, 0.15) is 6.04 Å². The van der Waals surface area contributed by atoms with Gasteiger partial charge in [0.05, 0.1) is 10.0 Å². The van der Waals surface area contributed by atoms with Crippen molar-refractivity contribution in [3.8, 4) is 0 Å². The van der Waals surface area contributed by atoms with Gasteiger partial charge < -0.3 is 10.6 Å². The average Bonchev–Trinajstić information content (AvgIpc) is 3.07. The summed E-state index contributed by atoms with van der Waals surface area (Å²) in [6.45, 7) is 1.82. The summed E-state index contributed by atoms with van der Waals surface area (Å²) in [4.78, 5) is 11.7. The van der Waals surface area contributed by atoms with Crippen LogP contribution in [0.15, 0.2) is 18.2 Å². The molecule has 1 aromatic rings. The predicted octanol–water partition coefficient (Wildman–Crippen LogP) is 3.07. The molecular weight excluding hydrogens is 259 g/mol. The van der Waals surface area contributed by atoms with Gasteiger partial charge in [-0.05, 0) is 38.0 Å². The fourth-order valence-corrected chi connectivity index (χ4v) is 1.75. The summed E-state index contributed by atoms with van der Waals surface area (Å²) in [5.41, 5.74) is 0.790. The molecule has 0 radical (unpaired) electrons. The van der Waals surface area contributed by atoms with E-state index >= 15 is 0 Å². The minimum atomic E-state index is -0.284. The summed E-state index contributed by atoms with van der Waals surface area (Å²) < 4.78 is 0. The highest BCUT2D eigenvalue weighted by molar-refractivity contribution is 6.42. The molecule has 92 valence electrons. The molecule has 2 rings (SSSR count). The van der Waals surface area contributed by atoms with Gasteiger partial charge in [-0.2, -0.15) is 0 Å². The van der Waals surface area contributed by atoms with Crippen LogP contribution < -0.4 is 10.6 Å². The smallest absolute Gasteiger partial charge is 0.242 e. The SMILES string of the molecule is CC(Nc1ccc(Cl)c(Cl)c1)C(=O)NC1CC1. The van der Waals surface area contributed by atoms with Crippen molar-refractivity contribution in [1.29, 1.82) is 0 Å². The molecule has 0 heterocycles. The molecular formula is C12H14Cl2N2O.